The van der Waals surface area contributed by atoms with E-state index >= 15 is 0 Å². The van der Waals surface area contributed by atoms with Crippen LogP contribution in [0.15, 0.2) is 0 Å². The normalized spacial score (nSPS) is 13.9. The number of nitrogens with one attached hydrogen (secondary N) is 2. The average molecular weight is 388 g/mol. The Morgan fingerprint density at radius 2 is 1.48 bits per heavy atom. The van der Waals surface area contributed by atoms with E-state index in [1.54, 1.807) is 20.8 Å². The van der Waals surface area contributed by atoms with Crippen LogP contribution in [0.5, 0.6) is 0 Å². The molecule has 0 rings (SSSR count). The fraction of sp³-hybridized carbons (Fsp3) is 0.706. The topological polar surface area (TPSA) is 148 Å². The molecule has 2 amide bonds. The Morgan fingerprint density at radius 1 is 0.926 bits per heavy atom. The van der Waals surface area contributed by atoms with Crippen molar-refractivity contribution in [3.8, 4) is 0 Å². The first-order valence-corrected chi connectivity index (χ1v) is 8.67. The molecule has 0 aromatic rings. The number of ether oxygens (including phenoxy) is 2. The maximum absolute atomic E-state index is 12.5. The maximum Gasteiger partial charge on any atom is 0.327 e. The standard InChI is InChI=1S/C17H28N2O8/c1-6-26-12(21)8-11(17(25)27-7-2)14(16(23)24)19-15(22)13(9(3)4)18-10(5)20/h9,11,13-14H,6-8H2,1-5H3,(H,18,20)(H,19,22)(H,23,24)/t11-,13+,14+/m0/s1. The summed E-state index contributed by atoms with van der Waals surface area (Å²) in [5.41, 5.74) is 0. The predicted molar refractivity (Wildman–Crippen MR) is 93.4 cm³/mol. The van der Waals surface area contributed by atoms with E-state index in [0.717, 1.165) is 0 Å². The van der Waals surface area contributed by atoms with Crippen LogP contribution in [0, 0.1) is 11.8 Å². The second kappa shape index (κ2) is 11.9. The van der Waals surface area contributed by atoms with Crippen LogP contribution in [0.1, 0.15) is 41.0 Å². The summed E-state index contributed by atoms with van der Waals surface area (Å²) < 4.78 is 9.60. The van der Waals surface area contributed by atoms with Gasteiger partial charge in [-0.2, -0.15) is 0 Å². The Morgan fingerprint density at radius 3 is 1.89 bits per heavy atom. The number of carboxylic acid groups (broad SMARTS) is 1. The molecule has 0 bridgehead atoms. The lowest BCUT2D eigenvalue weighted by Gasteiger charge is -2.26. The van der Waals surface area contributed by atoms with E-state index in [1.165, 1.54) is 13.8 Å². The van der Waals surface area contributed by atoms with Gasteiger partial charge in [-0.25, -0.2) is 4.79 Å². The number of aliphatic carboxylic acids is 1. The van der Waals surface area contributed by atoms with Crippen LogP contribution < -0.4 is 10.6 Å². The van der Waals surface area contributed by atoms with Crippen molar-refractivity contribution in [2.45, 2.75) is 53.1 Å². The number of carboxylic acids is 1. The maximum atomic E-state index is 12.5. The highest BCUT2D eigenvalue weighted by atomic mass is 16.5. The first-order chi connectivity index (χ1) is 12.5. The molecular formula is C17H28N2O8. The van der Waals surface area contributed by atoms with E-state index in [-0.39, 0.29) is 19.1 Å². The molecule has 10 nitrogen and oxygen atoms in total. The number of carbonyl (C=O) groups is 5. The lowest BCUT2D eigenvalue weighted by Crippen LogP contribution is -2.56. The molecule has 0 unspecified atom stereocenters. The monoisotopic (exact) mass is 388 g/mol. The molecule has 154 valence electrons. The van der Waals surface area contributed by atoms with E-state index in [9.17, 15) is 29.1 Å². The molecule has 0 spiro atoms. The van der Waals surface area contributed by atoms with Gasteiger partial charge in [0.25, 0.3) is 0 Å². The molecule has 0 aliphatic rings. The number of rotatable bonds is 11. The van der Waals surface area contributed by atoms with Crippen molar-refractivity contribution in [3.63, 3.8) is 0 Å². The van der Waals surface area contributed by atoms with Crippen molar-refractivity contribution in [1.82, 2.24) is 10.6 Å². The molecule has 3 atom stereocenters. The van der Waals surface area contributed by atoms with Gasteiger partial charge in [-0.3, -0.25) is 19.2 Å². The lowest BCUT2D eigenvalue weighted by molar-refractivity contribution is -0.160. The second-order valence-electron chi connectivity index (χ2n) is 6.11. The van der Waals surface area contributed by atoms with Crippen molar-refractivity contribution in [2.24, 2.45) is 11.8 Å². The van der Waals surface area contributed by atoms with Gasteiger partial charge in [0.15, 0.2) is 0 Å². The largest absolute Gasteiger partial charge is 0.480 e. The van der Waals surface area contributed by atoms with Gasteiger partial charge in [-0.1, -0.05) is 13.8 Å². The van der Waals surface area contributed by atoms with Gasteiger partial charge in [0, 0.05) is 6.92 Å². The number of esters is 2. The Labute approximate surface area is 158 Å². The van der Waals surface area contributed by atoms with E-state index in [4.69, 9.17) is 9.47 Å². The summed E-state index contributed by atoms with van der Waals surface area (Å²) in [5, 5.41) is 14.1. The molecule has 0 fully saturated rings. The molecule has 3 N–H and O–H groups in total. The summed E-state index contributed by atoms with van der Waals surface area (Å²) in [6, 6.07) is -2.73. The lowest BCUT2D eigenvalue weighted by atomic mass is 9.94. The Bertz CT molecular complexity index is 561. The zero-order valence-electron chi connectivity index (χ0n) is 16.2. The molecule has 0 radical (unpaired) electrons. The van der Waals surface area contributed by atoms with Crippen LogP contribution in [0.4, 0.5) is 0 Å². The molecule has 0 aromatic carbocycles. The first-order valence-electron chi connectivity index (χ1n) is 8.67. The Hall–Kier alpha value is -2.65. The van der Waals surface area contributed by atoms with Gasteiger partial charge >= 0.3 is 17.9 Å². The quantitative estimate of drug-likeness (QED) is 0.414. The third kappa shape index (κ3) is 8.52. The van der Waals surface area contributed by atoms with Crippen molar-refractivity contribution in [2.75, 3.05) is 13.2 Å². The molecular weight excluding hydrogens is 360 g/mol. The number of amides is 2. The third-order valence-electron chi connectivity index (χ3n) is 3.56. The van der Waals surface area contributed by atoms with Gasteiger partial charge in [0.2, 0.25) is 11.8 Å². The van der Waals surface area contributed by atoms with Crippen molar-refractivity contribution in [1.29, 1.82) is 0 Å². The highest BCUT2D eigenvalue weighted by Gasteiger charge is 2.39. The zero-order chi connectivity index (χ0) is 21.1. The second-order valence-corrected chi connectivity index (χ2v) is 6.11. The minimum atomic E-state index is -1.73. The first kappa shape index (κ1) is 24.4. The number of carbonyl (C=O) groups excluding carboxylic acids is 4. The summed E-state index contributed by atoms with van der Waals surface area (Å²) >= 11 is 0. The minimum Gasteiger partial charge on any atom is -0.480 e. The highest BCUT2D eigenvalue weighted by molar-refractivity contribution is 5.93. The van der Waals surface area contributed by atoms with Crippen molar-refractivity contribution < 1.29 is 38.6 Å². The van der Waals surface area contributed by atoms with E-state index < -0.39 is 54.1 Å². The zero-order valence-corrected chi connectivity index (χ0v) is 16.2. The Kier molecular flexibility index (Phi) is 10.7. The van der Waals surface area contributed by atoms with Crippen LogP contribution in [-0.2, 0) is 33.4 Å². The molecule has 0 aromatic heterocycles. The fourth-order valence-corrected chi connectivity index (χ4v) is 2.32. The minimum absolute atomic E-state index is 0.0288. The fourth-order valence-electron chi connectivity index (χ4n) is 2.32. The van der Waals surface area contributed by atoms with Gasteiger partial charge in [0.1, 0.15) is 12.1 Å². The van der Waals surface area contributed by atoms with Gasteiger partial charge in [-0.15, -0.1) is 0 Å². The molecule has 10 heteroatoms. The van der Waals surface area contributed by atoms with Gasteiger partial charge in [0.05, 0.1) is 25.6 Å². The average Bonchev–Trinajstić information content (AvgIpc) is 2.55. The molecule has 0 aliphatic heterocycles. The van der Waals surface area contributed by atoms with Gasteiger partial charge < -0.3 is 25.2 Å². The molecule has 0 saturated heterocycles. The van der Waals surface area contributed by atoms with Crippen molar-refractivity contribution in [3.05, 3.63) is 0 Å². The number of hydrogen-bond donors (Lipinski definition) is 3. The van der Waals surface area contributed by atoms with Crippen LogP contribution in [0.2, 0.25) is 0 Å². The molecule has 27 heavy (non-hydrogen) atoms. The summed E-state index contributed by atoms with van der Waals surface area (Å²) in [6.45, 7) is 7.66. The summed E-state index contributed by atoms with van der Waals surface area (Å²) in [6.07, 6.45) is -0.573. The molecule has 0 aliphatic carbocycles. The van der Waals surface area contributed by atoms with E-state index in [2.05, 4.69) is 10.6 Å². The Balaban J connectivity index is 5.58. The third-order valence-corrected chi connectivity index (χ3v) is 3.56. The number of hydrogen-bond acceptors (Lipinski definition) is 7. The van der Waals surface area contributed by atoms with E-state index in [0.29, 0.717) is 0 Å². The smallest absolute Gasteiger partial charge is 0.327 e. The van der Waals surface area contributed by atoms with E-state index in [1.807, 2.05) is 0 Å². The molecule has 0 heterocycles. The van der Waals surface area contributed by atoms with Gasteiger partial charge in [-0.05, 0) is 19.8 Å². The van der Waals surface area contributed by atoms with Crippen LogP contribution in [-0.4, -0.2) is 60.1 Å². The predicted octanol–water partition coefficient (Wildman–Crippen LogP) is -0.151. The summed E-state index contributed by atoms with van der Waals surface area (Å²) in [4.78, 5) is 59.4. The summed E-state index contributed by atoms with van der Waals surface area (Å²) in [7, 11) is 0. The van der Waals surface area contributed by atoms with Crippen LogP contribution >= 0.6 is 0 Å². The molecule has 0 saturated carbocycles. The SMILES string of the molecule is CCOC(=O)C[C@H](C(=O)OCC)[C@@H](NC(=O)[C@H](NC(C)=O)C(C)C)C(=O)O. The highest BCUT2D eigenvalue weighted by Crippen LogP contribution is 2.15. The van der Waals surface area contributed by atoms with Crippen LogP contribution in [0.3, 0.4) is 0 Å². The summed E-state index contributed by atoms with van der Waals surface area (Å²) in [5.74, 6) is -6.33. The van der Waals surface area contributed by atoms with Crippen LogP contribution in [0.25, 0.3) is 0 Å². The van der Waals surface area contributed by atoms with Crippen molar-refractivity contribution >= 4 is 29.7 Å².